The highest BCUT2D eigenvalue weighted by Crippen LogP contribution is 2.23. The average Bonchev–Trinajstić information content (AvgIpc) is 2.49. The van der Waals surface area contributed by atoms with Gasteiger partial charge in [0.15, 0.2) is 0 Å². The second-order valence-corrected chi connectivity index (χ2v) is 5.04. The number of pyridine rings is 1. The van der Waals surface area contributed by atoms with Crippen molar-refractivity contribution in [3.05, 3.63) is 66.1 Å². The van der Waals surface area contributed by atoms with Crippen molar-refractivity contribution in [2.75, 3.05) is 5.32 Å². The molecule has 0 saturated carbocycles. The Morgan fingerprint density at radius 2 is 1.95 bits per heavy atom. The van der Waals surface area contributed by atoms with E-state index in [4.69, 9.17) is 18.0 Å². The molecular formula is C16H12FN3S. The van der Waals surface area contributed by atoms with Crippen molar-refractivity contribution >= 4 is 39.5 Å². The summed E-state index contributed by atoms with van der Waals surface area (Å²) in [6.45, 7) is 0. The predicted molar refractivity (Wildman–Crippen MR) is 87.3 cm³/mol. The van der Waals surface area contributed by atoms with Crippen LogP contribution in [0.15, 0.2) is 54.7 Å². The third-order valence-corrected chi connectivity index (χ3v) is 3.36. The lowest BCUT2D eigenvalue weighted by atomic mass is 10.2. The van der Waals surface area contributed by atoms with E-state index in [2.05, 4.69) is 10.3 Å². The van der Waals surface area contributed by atoms with E-state index in [1.807, 2.05) is 30.3 Å². The maximum atomic E-state index is 14.0. The number of nitrogens with one attached hydrogen (secondary N) is 1. The molecule has 1 aromatic heterocycles. The first-order chi connectivity index (χ1) is 10.1. The van der Waals surface area contributed by atoms with E-state index in [0.717, 1.165) is 16.6 Å². The Balaban J connectivity index is 1.93. The third kappa shape index (κ3) is 2.83. The summed E-state index contributed by atoms with van der Waals surface area (Å²) >= 11 is 4.83. The van der Waals surface area contributed by atoms with Crippen LogP contribution in [0, 0.1) is 5.82 Å². The lowest BCUT2D eigenvalue weighted by molar-refractivity contribution is 0.631. The zero-order valence-corrected chi connectivity index (χ0v) is 11.8. The van der Waals surface area contributed by atoms with Crippen molar-refractivity contribution in [3.8, 4) is 0 Å². The van der Waals surface area contributed by atoms with Gasteiger partial charge < -0.3 is 11.1 Å². The molecule has 0 aliphatic rings. The summed E-state index contributed by atoms with van der Waals surface area (Å²) in [6.07, 6.45) is 1.67. The van der Waals surface area contributed by atoms with Gasteiger partial charge in [-0.15, -0.1) is 0 Å². The van der Waals surface area contributed by atoms with Gasteiger partial charge in [0.25, 0.3) is 0 Å². The molecule has 0 aliphatic carbocycles. The van der Waals surface area contributed by atoms with Crippen molar-refractivity contribution < 1.29 is 4.39 Å². The maximum Gasteiger partial charge on any atom is 0.147 e. The fraction of sp³-hybridized carbons (Fsp3) is 0. The Kier molecular flexibility index (Phi) is 3.50. The molecular weight excluding hydrogens is 285 g/mol. The van der Waals surface area contributed by atoms with E-state index in [1.165, 1.54) is 6.07 Å². The van der Waals surface area contributed by atoms with Gasteiger partial charge in [0.1, 0.15) is 10.8 Å². The van der Waals surface area contributed by atoms with Crippen LogP contribution >= 0.6 is 12.2 Å². The van der Waals surface area contributed by atoms with E-state index in [-0.39, 0.29) is 4.99 Å². The zero-order valence-electron chi connectivity index (χ0n) is 11.0. The van der Waals surface area contributed by atoms with Crippen LogP contribution in [-0.2, 0) is 0 Å². The van der Waals surface area contributed by atoms with Crippen molar-refractivity contribution in [1.29, 1.82) is 0 Å². The number of fused-ring (bicyclic) bond motifs is 1. The van der Waals surface area contributed by atoms with Gasteiger partial charge in [0, 0.05) is 10.9 Å². The predicted octanol–water partition coefficient (Wildman–Crippen LogP) is 3.75. The van der Waals surface area contributed by atoms with Gasteiger partial charge in [-0.2, -0.15) is 0 Å². The minimum absolute atomic E-state index is 0.174. The summed E-state index contributed by atoms with van der Waals surface area (Å²) in [4.78, 5) is 4.50. The van der Waals surface area contributed by atoms with Crippen molar-refractivity contribution in [1.82, 2.24) is 4.98 Å². The van der Waals surface area contributed by atoms with E-state index < -0.39 is 5.82 Å². The van der Waals surface area contributed by atoms with Crippen molar-refractivity contribution in [3.63, 3.8) is 0 Å². The monoisotopic (exact) mass is 297 g/mol. The fourth-order valence-electron chi connectivity index (χ4n) is 2.06. The largest absolute Gasteiger partial charge is 0.389 e. The van der Waals surface area contributed by atoms with Crippen LogP contribution in [0.4, 0.5) is 15.8 Å². The summed E-state index contributed by atoms with van der Waals surface area (Å²) < 4.78 is 14.0. The Morgan fingerprint density at radius 1 is 1.14 bits per heavy atom. The second-order valence-electron chi connectivity index (χ2n) is 4.60. The van der Waals surface area contributed by atoms with Crippen LogP contribution in [0.5, 0.6) is 0 Å². The molecule has 0 atom stereocenters. The Labute approximate surface area is 126 Å². The lowest BCUT2D eigenvalue weighted by Gasteiger charge is -2.09. The molecule has 0 bridgehead atoms. The highest BCUT2D eigenvalue weighted by molar-refractivity contribution is 7.80. The molecule has 3 rings (SSSR count). The number of aromatic nitrogens is 1. The number of rotatable bonds is 3. The molecule has 3 nitrogen and oxygen atoms in total. The molecule has 3 aromatic rings. The van der Waals surface area contributed by atoms with E-state index in [0.29, 0.717) is 11.3 Å². The average molecular weight is 297 g/mol. The molecule has 0 radical (unpaired) electrons. The summed E-state index contributed by atoms with van der Waals surface area (Å²) in [6, 6.07) is 14.3. The maximum absolute atomic E-state index is 14.0. The van der Waals surface area contributed by atoms with E-state index in [1.54, 1.807) is 18.3 Å². The zero-order chi connectivity index (χ0) is 14.8. The molecule has 21 heavy (non-hydrogen) atoms. The SMILES string of the molecule is NC(=S)c1ccc(Nc2cnc3ccccc3c2)c(F)c1. The van der Waals surface area contributed by atoms with Crippen molar-refractivity contribution in [2.24, 2.45) is 5.73 Å². The van der Waals surface area contributed by atoms with Crippen LogP contribution in [0.3, 0.4) is 0 Å². The molecule has 0 fully saturated rings. The van der Waals surface area contributed by atoms with Crippen LogP contribution in [0.25, 0.3) is 10.9 Å². The number of para-hydroxylation sites is 1. The molecule has 104 valence electrons. The van der Waals surface area contributed by atoms with Crippen molar-refractivity contribution in [2.45, 2.75) is 0 Å². The normalized spacial score (nSPS) is 10.5. The van der Waals surface area contributed by atoms with Gasteiger partial charge in [-0.1, -0.05) is 30.4 Å². The van der Waals surface area contributed by atoms with Gasteiger partial charge in [0.2, 0.25) is 0 Å². The highest BCUT2D eigenvalue weighted by atomic mass is 32.1. The molecule has 0 aliphatic heterocycles. The fourth-order valence-corrected chi connectivity index (χ4v) is 2.19. The Bertz CT molecular complexity index is 833. The quantitative estimate of drug-likeness (QED) is 0.723. The molecule has 1 heterocycles. The standard InChI is InChI=1S/C16H12FN3S/c17-13-8-11(16(18)21)5-6-15(13)20-12-7-10-3-1-2-4-14(10)19-9-12/h1-9,20H,(H2,18,21). The number of thiocarbonyl (C=S) groups is 1. The molecule has 0 spiro atoms. The Hall–Kier alpha value is -2.53. The number of halogens is 1. The number of benzene rings is 2. The first-order valence-electron chi connectivity index (χ1n) is 6.34. The van der Waals surface area contributed by atoms with Gasteiger partial charge >= 0.3 is 0 Å². The van der Waals surface area contributed by atoms with Gasteiger partial charge in [0.05, 0.1) is 23.1 Å². The minimum atomic E-state index is -0.409. The molecule has 0 unspecified atom stereocenters. The summed E-state index contributed by atoms with van der Waals surface area (Å²) in [5.74, 6) is -0.409. The Morgan fingerprint density at radius 3 is 2.71 bits per heavy atom. The summed E-state index contributed by atoms with van der Waals surface area (Å²) in [7, 11) is 0. The smallest absolute Gasteiger partial charge is 0.147 e. The number of nitrogens with zero attached hydrogens (tertiary/aromatic N) is 1. The first-order valence-corrected chi connectivity index (χ1v) is 6.75. The lowest BCUT2D eigenvalue weighted by Crippen LogP contribution is -2.09. The summed E-state index contributed by atoms with van der Waals surface area (Å²) in [5.41, 5.74) is 7.95. The topological polar surface area (TPSA) is 50.9 Å². The van der Waals surface area contributed by atoms with Crippen LogP contribution < -0.4 is 11.1 Å². The van der Waals surface area contributed by atoms with Crippen LogP contribution in [0.1, 0.15) is 5.56 Å². The summed E-state index contributed by atoms with van der Waals surface area (Å²) in [5, 5.41) is 4.00. The molecule has 5 heteroatoms. The van der Waals surface area contributed by atoms with Crippen LogP contribution in [0.2, 0.25) is 0 Å². The molecule has 2 aromatic carbocycles. The van der Waals surface area contributed by atoms with E-state index in [9.17, 15) is 4.39 Å². The third-order valence-electron chi connectivity index (χ3n) is 3.12. The highest BCUT2D eigenvalue weighted by Gasteiger charge is 2.06. The molecule has 0 saturated heterocycles. The number of anilines is 2. The first kappa shape index (κ1) is 13.5. The molecule has 3 N–H and O–H groups in total. The number of hydrogen-bond acceptors (Lipinski definition) is 3. The van der Waals surface area contributed by atoms with Gasteiger partial charge in [-0.05, 0) is 30.3 Å². The van der Waals surface area contributed by atoms with Crippen LogP contribution in [-0.4, -0.2) is 9.97 Å². The van der Waals surface area contributed by atoms with Gasteiger partial charge in [-0.3, -0.25) is 4.98 Å². The number of nitrogens with two attached hydrogens (primary N) is 1. The van der Waals surface area contributed by atoms with E-state index >= 15 is 0 Å². The van der Waals surface area contributed by atoms with Gasteiger partial charge in [-0.25, -0.2) is 4.39 Å². The second kappa shape index (κ2) is 5.46. The minimum Gasteiger partial charge on any atom is -0.389 e. The molecule has 0 amide bonds. The number of hydrogen-bond donors (Lipinski definition) is 2.